The molecule has 2 N–H and O–H groups in total. The maximum Gasteiger partial charge on any atom is 0.255 e. The van der Waals surface area contributed by atoms with Gasteiger partial charge in [-0.15, -0.1) is 12.4 Å². The van der Waals surface area contributed by atoms with E-state index >= 15 is 0 Å². The molecule has 0 spiro atoms. The van der Waals surface area contributed by atoms with Crippen molar-refractivity contribution in [3.63, 3.8) is 0 Å². The highest BCUT2D eigenvalue weighted by Crippen LogP contribution is 2.17. The summed E-state index contributed by atoms with van der Waals surface area (Å²) in [7, 11) is 1.58. The fraction of sp³-hybridized carbons (Fsp3) is 0.462. The number of hydrogen-bond donors (Lipinski definition) is 2. The van der Waals surface area contributed by atoms with E-state index in [1.54, 1.807) is 19.2 Å². The number of halogens is 1. The van der Waals surface area contributed by atoms with Gasteiger partial charge in [-0.3, -0.25) is 4.79 Å². The molecule has 1 aliphatic rings. The van der Waals surface area contributed by atoms with Crippen LogP contribution in [-0.4, -0.2) is 32.1 Å². The van der Waals surface area contributed by atoms with Gasteiger partial charge >= 0.3 is 0 Å². The molecule has 18 heavy (non-hydrogen) atoms. The highest BCUT2D eigenvalue weighted by Gasteiger charge is 2.18. The Hall–Kier alpha value is -1.26. The lowest BCUT2D eigenvalue weighted by Gasteiger charge is -2.24. The van der Waals surface area contributed by atoms with Crippen LogP contribution in [0, 0.1) is 0 Å². The fourth-order valence-corrected chi connectivity index (χ4v) is 2.07. The Bertz CT molecular complexity index is 392. The van der Waals surface area contributed by atoms with Crippen LogP contribution >= 0.6 is 12.4 Å². The summed E-state index contributed by atoms with van der Waals surface area (Å²) in [6, 6.07) is 7.51. The molecular weight excluding hydrogens is 252 g/mol. The van der Waals surface area contributed by atoms with E-state index in [2.05, 4.69) is 10.6 Å². The van der Waals surface area contributed by atoms with Gasteiger partial charge in [0, 0.05) is 12.6 Å². The Morgan fingerprint density at radius 2 is 2.22 bits per heavy atom. The average Bonchev–Trinajstić information content (AvgIpc) is 2.40. The van der Waals surface area contributed by atoms with Gasteiger partial charge in [-0.05, 0) is 31.5 Å². The smallest absolute Gasteiger partial charge is 0.255 e. The third-order valence-electron chi connectivity index (χ3n) is 2.98. The van der Waals surface area contributed by atoms with Crippen molar-refractivity contribution in [3.05, 3.63) is 29.8 Å². The summed E-state index contributed by atoms with van der Waals surface area (Å²) in [6.07, 6.45) is 2.14. The predicted molar refractivity (Wildman–Crippen MR) is 73.6 cm³/mol. The van der Waals surface area contributed by atoms with Crippen molar-refractivity contribution in [2.75, 3.05) is 20.2 Å². The van der Waals surface area contributed by atoms with Crippen LogP contribution in [0.25, 0.3) is 0 Å². The third-order valence-corrected chi connectivity index (χ3v) is 2.98. The first-order chi connectivity index (χ1) is 8.31. The van der Waals surface area contributed by atoms with E-state index in [-0.39, 0.29) is 24.4 Å². The Morgan fingerprint density at radius 3 is 2.89 bits per heavy atom. The highest BCUT2D eigenvalue weighted by atomic mass is 35.5. The number of ether oxygens (including phenoxy) is 1. The van der Waals surface area contributed by atoms with Crippen molar-refractivity contribution in [2.24, 2.45) is 0 Å². The van der Waals surface area contributed by atoms with Gasteiger partial charge in [0.05, 0.1) is 12.7 Å². The summed E-state index contributed by atoms with van der Waals surface area (Å²) < 4.78 is 5.18. The summed E-state index contributed by atoms with van der Waals surface area (Å²) in [5.41, 5.74) is 0.598. The summed E-state index contributed by atoms with van der Waals surface area (Å²) >= 11 is 0. The molecule has 1 atom stereocenters. The fourth-order valence-electron chi connectivity index (χ4n) is 2.07. The lowest BCUT2D eigenvalue weighted by Crippen LogP contribution is -2.45. The molecule has 2 rings (SSSR count). The second-order valence-corrected chi connectivity index (χ2v) is 4.22. The van der Waals surface area contributed by atoms with Gasteiger partial charge in [-0.2, -0.15) is 0 Å². The quantitative estimate of drug-likeness (QED) is 0.877. The zero-order valence-corrected chi connectivity index (χ0v) is 11.3. The van der Waals surface area contributed by atoms with Crippen LogP contribution in [0.2, 0.25) is 0 Å². The summed E-state index contributed by atoms with van der Waals surface area (Å²) in [5, 5.41) is 6.30. The maximum absolute atomic E-state index is 12.1. The Balaban J connectivity index is 0.00000162. The van der Waals surface area contributed by atoms with Crippen LogP contribution in [0.15, 0.2) is 24.3 Å². The lowest BCUT2D eigenvalue weighted by molar-refractivity contribution is 0.0927. The minimum absolute atomic E-state index is 0. The van der Waals surface area contributed by atoms with E-state index in [9.17, 15) is 4.79 Å². The molecular formula is C13H19ClN2O2. The molecule has 0 saturated carbocycles. The molecule has 100 valence electrons. The second kappa shape index (κ2) is 7.24. The first-order valence-electron chi connectivity index (χ1n) is 5.96. The monoisotopic (exact) mass is 270 g/mol. The van der Waals surface area contributed by atoms with Crippen LogP contribution in [0.5, 0.6) is 5.75 Å². The molecule has 0 aromatic heterocycles. The van der Waals surface area contributed by atoms with Crippen molar-refractivity contribution >= 4 is 18.3 Å². The number of methoxy groups -OCH3 is 1. The topological polar surface area (TPSA) is 50.4 Å². The van der Waals surface area contributed by atoms with Gasteiger partial charge in [-0.25, -0.2) is 0 Å². The van der Waals surface area contributed by atoms with Gasteiger partial charge in [-0.1, -0.05) is 12.1 Å². The summed E-state index contributed by atoms with van der Waals surface area (Å²) in [6.45, 7) is 1.89. The molecule has 0 radical (unpaired) electrons. The standard InChI is InChI=1S/C13H18N2O2.ClH/c1-17-12-7-3-2-6-11(12)13(16)15-10-5-4-8-14-9-10;/h2-3,6-7,10,14H,4-5,8-9H2,1H3,(H,15,16);1H/t10-;/m1./s1. The number of carbonyl (C=O) groups excluding carboxylic acids is 1. The number of rotatable bonds is 3. The van der Waals surface area contributed by atoms with Crippen LogP contribution in [-0.2, 0) is 0 Å². The van der Waals surface area contributed by atoms with Gasteiger partial charge in [0.15, 0.2) is 0 Å². The van der Waals surface area contributed by atoms with Crippen LogP contribution in [0.3, 0.4) is 0 Å². The van der Waals surface area contributed by atoms with E-state index in [0.717, 1.165) is 25.9 Å². The number of nitrogens with one attached hydrogen (secondary N) is 2. The molecule has 0 unspecified atom stereocenters. The SMILES string of the molecule is COc1ccccc1C(=O)N[C@@H]1CCCNC1.Cl. The van der Waals surface area contributed by atoms with Gasteiger partial charge in [0.2, 0.25) is 0 Å². The molecule has 1 aliphatic heterocycles. The Morgan fingerprint density at radius 1 is 1.44 bits per heavy atom. The predicted octanol–water partition coefficient (Wildman–Crippen LogP) is 1.60. The van der Waals surface area contributed by atoms with E-state index in [0.29, 0.717) is 11.3 Å². The lowest BCUT2D eigenvalue weighted by atomic mass is 10.1. The van der Waals surface area contributed by atoms with Crippen LogP contribution in [0.1, 0.15) is 23.2 Å². The van der Waals surface area contributed by atoms with Crippen molar-refractivity contribution < 1.29 is 9.53 Å². The normalized spacial score (nSPS) is 18.6. The zero-order chi connectivity index (χ0) is 12.1. The number of piperidine rings is 1. The molecule has 1 heterocycles. The van der Waals surface area contributed by atoms with Crippen LogP contribution < -0.4 is 15.4 Å². The molecule has 5 heteroatoms. The van der Waals surface area contributed by atoms with Crippen molar-refractivity contribution in [3.8, 4) is 5.75 Å². The molecule has 1 saturated heterocycles. The highest BCUT2D eigenvalue weighted by molar-refractivity contribution is 5.97. The van der Waals surface area contributed by atoms with E-state index in [4.69, 9.17) is 4.74 Å². The molecule has 1 fully saturated rings. The first-order valence-corrected chi connectivity index (χ1v) is 5.96. The molecule has 0 bridgehead atoms. The van der Waals surface area contributed by atoms with Gasteiger partial charge in [0.1, 0.15) is 5.75 Å². The molecule has 1 aromatic carbocycles. The first kappa shape index (κ1) is 14.8. The van der Waals surface area contributed by atoms with Gasteiger partial charge < -0.3 is 15.4 Å². The Kier molecular flexibility index (Phi) is 5.95. The molecule has 4 nitrogen and oxygen atoms in total. The number of hydrogen-bond acceptors (Lipinski definition) is 3. The van der Waals surface area contributed by atoms with Crippen LogP contribution in [0.4, 0.5) is 0 Å². The van der Waals surface area contributed by atoms with Gasteiger partial charge in [0.25, 0.3) is 5.91 Å². The maximum atomic E-state index is 12.1. The van der Waals surface area contributed by atoms with Crippen molar-refractivity contribution in [2.45, 2.75) is 18.9 Å². The zero-order valence-electron chi connectivity index (χ0n) is 10.4. The minimum atomic E-state index is -0.0591. The number of para-hydroxylation sites is 1. The number of benzene rings is 1. The molecule has 1 aromatic rings. The largest absolute Gasteiger partial charge is 0.496 e. The van der Waals surface area contributed by atoms with E-state index in [1.807, 2.05) is 12.1 Å². The van der Waals surface area contributed by atoms with E-state index < -0.39 is 0 Å². The van der Waals surface area contributed by atoms with E-state index in [1.165, 1.54) is 0 Å². The Labute approximate surface area is 114 Å². The number of amides is 1. The second-order valence-electron chi connectivity index (χ2n) is 4.22. The van der Waals surface area contributed by atoms with Crippen molar-refractivity contribution in [1.82, 2.24) is 10.6 Å². The molecule has 1 amide bonds. The molecule has 0 aliphatic carbocycles. The average molecular weight is 271 g/mol. The number of carbonyl (C=O) groups is 1. The third kappa shape index (κ3) is 3.62. The minimum Gasteiger partial charge on any atom is -0.496 e. The van der Waals surface area contributed by atoms with Crippen molar-refractivity contribution in [1.29, 1.82) is 0 Å². The summed E-state index contributed by atoms with van der Waals surface area (Å²) in [5.74, 6) is 0.560. The summed E-state index contributed by atoms with van der Waals surface area (Å²) in [4.78, 5) is 12.1.